The molecule has 0 aliphatic rings. The predicted octanol–water partition coefficient (Wildman–Crippen LogP) is 11.9. The highest BCUT2D eigenvalue weighted by atomic mass is 16.3. The van der Waals surface area contributed by atoms with E-state index in [1.807, 2.05) is 54.6 Å². The maximum atomic E-state index is 10.4. The first kappa shape index (κ1) is 27.1. The van der Waals surface area contributed by atoms with Gasteiger partial charge in [-0.15, -0.1) is 0 Å². The summed E-state index contributed by atoms with van der Waals surface area (Å²) in [4.78, 5) is 3.65. The average Bonchev–Trinajstić information content (AvgIpc) is 3.82. The zero-order chi connectivity index (χ0) is 32.6. The molecule has 226 valence electrons. The van der Waals surface area contributed by atoms with Gasteiger partial charge in [-0.25, -0.2) is 4.85 Å². The van der Waals surface area contributed by atoms with E-state index in [-0.39, 0.29) is 0 Å². The number of furan rings is 1. The standard InChI is InChI=1S/C44H24N4O/c1-46-30-17-22-40-36(25-30)33-9-3-6-12-39(33)48(40)37-21-16-28(24-29(37)26-45)27-14-18-31(19-15-27)47-38-11-5-2-8-32(38)34-20-23-42-43(44(34)47)35-10-4-7-13-41(35)49-42/h2-25H. The molecule has 5 nitrogen and oxygen atoms in total. The fourth-order valence-electron chi connectivity index (χ4n) is 7.63. The molecule has 0 aliphatic heterocycles. The fraction of sp³-hybridized carbons (Fsp3) is 0. The Labute approximate surface area is 280 Å². The molecule has 0 amide bonds. The first-order valence-corrected chi connectivity index (χ1v) is 16.1. The largest absolute Gasteiger partial charge is 0.456 e. The molecular weight excluding hydrogens is 601 g/mol. The summed E-state index contributed by atoms with van der Waals surface area (Å²) in [5, 5.41) is 17.1. The van der Waals surface area contributed by atoms with Gasteiger partial charge in [-0.1, -0.05) is 78.9 Å². The van der Waals surface area contributed by atoms with Gasteiger partial charge in [-0.05, 0) is 83.2 Å². The molecule has 0 spiro atoms. The number of rotatable bonds is 3. The molecular formula is C44H24N4O. The summed E-state index contributed by atoms with van der Waals surface area (Å²) in [7, 11) is 0. The lowest BCUT2D eigenvalue weighted by molar-refractivity contribution is 0.669. The smallest absolute Gasteiger partial charge is 0.188 e. The van der Waals surface area contributed by atoms with Gasteiger partial charge in [-0.3, -0.25) is 0 Å². The Balaban J connectivity index is 1.12. The van der Waals surface area contributed by atoms with Crippen molar-refractivity contribution in [1.82, 2.24) is 9.13 Å². The Bertz CT molecular complexity index is 3070. The van der Waals surface area contributed by atoms with E-state index in [0.717, 1.165) is 77.3 Å². The lowest BCUT2D eigenvalue weighted by atomic mass is 10.0. The van der Waals surface area contributed by atoms with Crippen LogP contribution in [-0.2, 0) is 0 Å². The van der Waals surface area contributed by atoms with Gasteiger partial charge in [0.25, 0.3) is 0 Å². The average molecular weight is 625 g/mol. The van der Waals surface area contributed by atoms with Crippen LogP contribution in [0.15, 0.2) is 150 Å². The van der Waals surface area contributed by atoms with Crippen LogP contribution in [0.2, 0.25) is 0 Å². The van der Waals surface area contributed by atoms with Crippen molar-refractivity contribution in [3.05, 3.63) is 163 Å². The van der Waals surface area contributed by atoms with Gasteiger partial charge in [0.1, 0.15) is 17.2 Å². The summed E-state index contributed by atoms with van der Waals surface area (Å²) in [5.41, 5.74) is 11.0. The molecule has 0 fully saturated rings. The van der Waals surface area contributed by atoms with Crippen molar-refractivity contribution in [1.29, 1.82) is 5.26 Å². The zero-order valence-electron chi connectivity index (χ0n) is 26.1. The van der Waals surface area contributed by atoms with E-state index >= 15 is 0 Å². The van der Waals surface area contributed by atoms with Crippen molar-refractivity contribution in [2.75, 3.05) is 0 Å². The predicted molar refractivity (Wildman–Crippen MR) is 199 cm³/mol. The number of benzene rings is 7. The number of para-hydroxylation sites is 3. The van der Waals surface area contributed by atoms with Crippen LogP contribution in [0.4, 0.5) is 5.69 Å². The zero-order valence-corrected chi connectivity index (χ0v) is 26.1. The van der Waals surface area contributed by atoms with E-state index < -0.39 is 0 Å². The first-order chi connectivity index (χ1) is 24.2. The van der Waals surface area contributed by atoms with Crippen molar-refractivity contribution < 1.29 is 4.42 Å². The van der Waals surface area contributed by atoms with E-state index in [0.29, 0.717) is 11.3 Å². The summed E-state index contributed by atoms with van der Waals surface area (Å²) < 4.78 is 10.8. The Hall–Kier alpha value is -7.08. The Morgan fingerprint density at radius 2 is 1.22 bits per heavy atom. The lowest BCUT2D eigenvalue weighted by Gasteiger charge is -2.13. The number of aromatic nitrogens is 2. The second kappa shape index (κ2) is 10.2. The van der Waals surface area contributed by atoms with Gasteiger partial charge >= 0.3 is 0 Å². The highest BCUT2D eigenvalue weighted by Crippen LogP contribution is 2.41. The molecule has 0 radical (unpaired) electrons. The second-order valence-corrected chi connectivity index (χ2v) is 12.3. The van der Waals surface area contributed by atoms with E-state index in [4.69, 9.17) is 11.0 Å². The van der Waals surface area contributed by atoms with Crippen LogP contribution in [-0.4, -0.2) is 9.13 Å². The number of fused-ring (bicyclic) bond motifs is 10. The minimum absolute atomic E-state index is 0.579. The summed E-state index contributed by atoms with van der Waals surface area (Å²) in [6.07, 6.45) is 0. The van der Waals surface area contributed by atoms with Gasteiger partial charge in [0, 0.05) is 27.2 Å². The van der Waals surface area contributed by atoms with Crippen LogP contribution in [0.5, 0.6) is 0 Å². The SMILES string of the molecule is [C-]#[N+]c1ccc2c(c1)c1ccccc1n2-c1ccc(-c2ccc(-n3c4ccccc4c4ccc5oc6ccccc6c5c43)cc2)cc1C#N. The van der Waals surface area contributed by atoms with Crippen molar-refractivity contribution in [3.8, 4) is 28.6 Å². The fourth-order valence-corrected chi connectivity index (χ4v) is 7.63. The maximum Gasteiger partial charge on any atom is 0.188 e. The maximum absolute atomic E-state index is 10.4. The van der Waals surface area contributed by atoms with Gasteiger partial charge in [0.05, 0.1) is 45.3 Å². The second-order valence-electron chi connectivity index (χ2n) is 12.3. The number of hydrogen-bond donors (Lipinski definition) is 0. The molecule has 0 aliphatic carbocycles. The Kier molecular flexibility index (Phi) is 5.64. The van der Waals surface area contributed by atoms with Crippen molar-refractivity contribution in [3.63, 3.8) is 0 Å². The molecule has 0 N–H and O–H groups in total. The molecule has 3 heterocycles. The summed E-state index contributed by atoms with van der Waals surface area (Å²) >= 11 is 0. The molecule has 0 saturated heterocycles. The van der Waals surface area contributed by atoms with Crippen molar-refractivity contribution >= 4 is 71.2 Å². The van der Waals surface area contributed by atoms with Gasteiger partial charge in [0.15, 0.2) is 5.69 Å². The monoisotopic (exact) mass is 624 g/mol. The van der Waals surface area contributed by atoms with Crippen molar-refractivity contribution in [2.24, 2.45) is 0 Å². The molecule has 0 bridgehead atoms. The molecule has 7 aromatic carbocycles. The van der Waals surface area contributed by atoms with Crippen LogP contribution in [0.25, 0.3) is 92.9 Å². The van der Waals surface area contributed by atoms with Crippen LogP contribution in [0.3, 0.4) is 0 Å². The molecule has 0 saturated carbocycles. The van der Waals surface area contributed by atoms with Crippen LogP contribution in [0.1, 0.15) is 5.56 Å². The first-order valence-electron chi connectivity index (χ1n) is 16.1. The number of hydrogen-bond acceptors (Lipinski definition) is 2. The summed E-state index contributed by atoms with van der Waals surface area (Å²) in [6.45, 7) is 7.52. The third kappa shape index (κ3) is 3.85. The minimum Gasteiger partial charge on any atom is -0.456 e. The highest BCUT2D eigenvalue weighted by Gasteiger charge is 2.19. The number of nitrogens with zero attached hydrogens (tertiary/aromatic N) is 4. The molecule has 5 heteroatoms. The minimum atomic E-state index is 0.579. The van der Waals surface area contributed by atoms with Crippen LogP contribution in [0, 0.1) is 17.9 Å². The van der Waals surface area contributed by atoms with Gasteiger partial charge < -0.3 is 13.6 Å². The van der Waals surface area contributed by atoms with Crippen LogP contribution >= 0.6 is 0 Å². The summed E-state index contributed by atoms with van der Waals surface area (Å²) in [6, 6.07) is 52.0. The summed E-state index contributed by atoms with van der Waals surface area (Å²) in [5.74, 6) is 0. The van der Waals surface area contributed by atoms with E-state index in [9.17, 15) is 5.26 Å². The van der Waals surface area contributed by atoms with Gasteiger partial charge in [-0.2, -0.15) is 5.26 Å². The lowest BCUT2D eigenvalue weighted by Crippen LogP contribution is -1.98. The van der Waals surface area contributed by atoms with Crippen molar-refractivity contribution in [2.45, 2.75) is 0 Å². The topological polar surface area (TPSA) is 51.1 Å². The third-order valence-electron chi connectivity index (χ3n) is 9.78. The number of nitriles is 1. The molecule has 0 atom stereocenters. The van der Waals surface area contributed by atoms with E-state index in [2.05, 4.69) is 111 Å². The normalized spacial score (nSPS) is 11.6. The van der Waals surface area contributed by atoms with Crippen LogP contribution < -0.4 is 0 Å². The Morgan fingerprint density at radius 3 is 2.00 bits per heavy atom. The molecule has 10 aromatic rings. The van der Waals surface area contributed by atoms with E-state index in [1.54, 1.807) is 0 Å². The quantitative estimate of drug-likeness (QED) is 0.184. The molecule has 0 unspecified atom stereocenters. The molecule has 49 heavy (non-hydrogen) atoms. The Morgan fingerprint density at radius 1 is 0.551 bits per heavy atom. The third-order valence-corrected chi connectivity index (χ3v) is 9.78. The molecule has 10 rings (SSSR count). The highest BCUT2D eigenvalue weighted by molar-refractivity contribution is 6.24. The van der Waals surface area contributed by atoms with E-state index in [1.165, 1.54) is 10.8 Å². The molecule has 3 aromatic heterocycles. The van der Waals surface area contributed by atoms with Gasteiger partial charge in [0.2, 0.25) is 0 Å².